The number of hydrogen-bond donors (Lipinski definition) is 1. The van der Waals surface area contributed by atoms with Crippen LogP contribution in [0, 0.1) is 10.1 Å². The minimum absolute atomic E-state index is 0.0357. The number of aromatic nitrogens is 2. The van der Waals surface area contributed by atoms with Gasteiger partial charge in [-0.25, -0.2) is 0 Å². The van der Waals surface area contributed by atoms with Crippen molar-refractivity contribution in [3.63, 3.8) is 0 Å². The Hall–Kier alpha value is -2.74. The molecule has 0 atom stereocenters. The van der Waals surface area contributed by atoms with Crippen molar-refractivity contribution in [3.8, 4) is 21.8 Å². The maximum Gasteiger partial charge on any atom is 0.324 e. The van der Waals surface area contributed by atoms with Gasteiger partial charge in [-0.2, -0.15) is 0 Å². The van der Waals surface area contributed by atoms with E-state index in [1.165, 1.54) is 6.07 Å². The number of rotatable bonds is 3. The molecule has 3 heterocycles. The van der Waals surface area contributed by atoms with Crippen molar-refractivity contribution in [3.05, 3.63) is 46.6 Å². The molecule has 3 aromatic heterocycles. The number of nitrogen functional groups attached to an aromatic ring is 1. The standard InChI is InChI=1S/C12H8N4O3S/c13-12-10(7-3-1-2-6-14-7)11(15-19-12)8-4-5-9(20-8)16(17)18/h1-6H,13H2. The molecule has 2 N–H and O–H groups in total. The van der Waals surface area contributed by atoms with Crippen LogP contribution in [0.3, 0.4) is 0 Å². The molecule has 20 heavy (non-hydrogen) atoms. The molecule has 8 heteroatoms. The molecule has 3 aromatic rings. The third-order valence-corrected chi connectivity index (χ3v) is 3.69. The van der Waals surface area contributed by atoms with Crippen LogP contribution in [-0.4, -0.2) is 15.1 Å². The fourth-order valence-electron chi connectivity index (χ4n) is 1.78. The maximum absolute atomic E-state index is 10.7. The van der Waals surface area contributed by atoms with Gasteiger partial charge in [0.15, 0.2) is 0 Å². The lowest BCUT2D eigenvalue weighted by molar-refractivity contribution is -0.380. The molecule has 0 saturated carbocycles. The van der Waals surface area contributed by atoms with E-state index in [0.717, 1.165) is 11.3 Å². The van der Waals surface area contributed by atoms with Gasteiger partial charge in [0.05, 0.1) is 21.1 Å². The molecule has 0 aliphatic rings. The molecule has 100 valence electrons. The van der Waals surface area contributed by atoms with Gasteiger partial charge in [-0.1, -0.05) is 22.6 Å². The quantitative estimate of drug-likeness (QED) is 0.586. The van der Waals surface area contributed by atoms with E-state index in [-0.39, 0.29) is 10.9 Å². The van der Waals surface area contributed by atoms with Crippen LogP contribution in [0.4, 0.5) is 10.9 Å². The van der Waals surface area contributed by atoms with Gasteiger partial charge in [-0.3, -0.25) is 15.1 Å². The Balaban J connectivity index is 2.13. The third-order valence-electron chi connectivity index (χ3n) is 2.64. The summed E-state index contributed by atoms with van der Waals surface area (Å²) in [6.07, 6.45) is 1.63. The predicted molar refractivity (Wildman–Crippen MR) is 74.1 cm³/mol. The Bertz CT molecular complexity index is 766. The first-order valence-electron chi connectivity index (χ1n) is 5.58. The molecular formula is C12H8N4O3S. The fourth-order valence-corrected chi connectivity index (χ4v) is 2.59. The average molecular weight is 288 g/mol. The summed E-state index contributed by atoms with van der Waals surface area (Å²) < 4.78 is 5.00. The minimum atomic E-state index is -0.446. The van der Waals surface area contributed by atoms with Crippen molar-refractivity contribution < 1.29 is 9.45 Å². The van der Waals surface area contributed by atoms with Crippen molar-refractivity contribution in [1.29, 1.82) is 0 Å². The molecule has 0 saturated heterocycles. The van der Waals surface area contributed by atoms with Crippen LogP contribution >= 0.6 is 11.3 Å². The van der Waals surface area contributed by atoms with E-state index in [2.05, 4.69) is 10.1 Å². The smallest absolute Gasteiger partial charge is 0.324 e. The number of hydrogen-bond acceptors (Lipinski definition) is 7. The van der Waals surface area contributed by atoms with E-state index >= 15 is 0 Å². The lowest BCUT2D eigenvalue weighted by Crippen LogP contribution is -1.88. The Labute approximate surface area is 116 Å². The van der Waals surface area contributed by atoms with Crippen LogP contribution in [0.15, 0.2) is 41.1 Å². The van der Waals surface area contributed by atoms with Gasteiger partial charge in [-0.05, 0) is 18.2 Å². The number of nitrogens with zero attached hydrogens (tertiary/aromatic N) is 3. The van der Waals surface area contributed by atoms with E-state index in [4.69, 9.17) is 10.3 Å². The van der Waals surface area contributed by atoms with Gasteiger partial charge in [0, 0.05) is 12.3 Å². The highest BCUT2D eigenvalue weighted by atomic mass is 32.1. The summed E-state index contributed by atoms with van der Waals surface area (Å²) in [5, 5.41) is 14.7. The van der Waals surface area contributed by atoms with Crippen molar-refractivity contribution in [2.24, 2.45) is 0 Å². The van der Waals surface area contributed by atoms with Gasteiger partial charge in [0.1, 0.15) is 5.69 Å². The topological polar surface area (TPSA) is 108 Å². The molecule has 0 aliphatic heterocycles. The number of nitro groups is 1. The Morgan fingerprint density at radius 3 is 2.80 bits per heavy atom. The number of thiophene rings is 1. The number of pyridine rings is 1. The molecule has 0 fully saturated rings. The lowest BCUT2D eigenvalue weighted by Gasteiger charge is -1.98. The number of nitrogens with two attached hydrogens (primary N) is 1. The van der Waals surface area contributed by atoms with Gasteiger partial charge in [0.25, 0.3) is 0 Å². The van der Waals surface area contributed by atoms with Gasteiger partial charge in [0.2, 0.25) is 5.88 Å². The summed E-state index contributed by atoms with van der Waals surface area (Å²) in [5.74, 6) is 0.134. The highest BCUT2D eigenvalue weighted by Gasteiger charge is 2.21. The highest BCUT2D eigenvalue weighted by Crippen LogP contribution is 2.39. The van der Waals surface area contributed by atoms with Crippen LogP contribution in [0.2, 0.25) is 0 Å². The molecule has 0 amide bonds. The van der Waals surface area contributed by atoms with E-state index in [1.54, 1.807) is 24.4 Å². The van der Waals surface area contributed by atoms with Crippen molar-refractivity contribution in [1.82, 2.24) is 10.1 Å². The Morgan fingerprint density at radius 2 is 2.15 bits per heavy atom. The van der Waals surface area contributed by atoms with E-state index in [9.17, 15) is 10.1 Å². The summed E-state index contributed by atoms with van der Waals surface area (Å²) in [7, 11) is 0. The van der Waals surface area contributed by atoms with E-state index in [0.29, 0.717) is 21.8 Å². The lowest BCUT2D eigenvalue weighted by atomic mass is 10.1. The van der Waals surface area contributed by atoms with Gasteiger partial charge >= 0.3 is 5.00 Å². The number of anilines is 1. The molecule has 0 bridgehead atoms. The molecule has 0 radical (unpaired) electrons. The largest absolute Gasteiger partial charge is 0.367 e. The van der Waals surface area contributed by atoms with E-state index in [1.807, 2.05) is 6.07 Å². The van der Waals surface area contributed by atoms with Crippen LogP contribution in [0.5, 0.6) is 0 Å². The Kier molecular flexibility index (Phi) is 2.92. The summed E-state index contributed by atoms with van der Waals surface area (Å²) in [6, 6.07) is 8.41. The molecule has 0 unspecified atom stereocenters. The summed E-state index contributed by atoms with van der Waals surface area (Å²) >= 11 is 1.01. The minimum Gasteiger partial charge on any atom is -0.367 e. The zero-order chi connectivity index (χ0) is 14.1. The monoisotopic (exact) mass is 288 g/mol. The second-order valence-corrected chi connectivity index (χ2v) is 4.94. The van der Waals surface area contributed by atoms with Crippen LogP contribution < -0.4 is 5.73 Å². The van der Waals surface area contributed by atoms with Gasteiger partial charge in [-0.15, -0.1) is 0 Å². The normalized spacial score (nSPS) is 10.6. The highest BCUT2D eigenvalue weighted by molar-refractivity contribution is 7.18. The molecule has 3 rings (SSSR count). The maximum atomic E-state index is 10.7. The van der Waals surface area contributed by atoms with Gasteiger partial charge < -0.3 is 10.3 Å². The summed E-state index contributed by atoms with van der Waals surface area (Å²) in [5.41, 5.74) is 7.39. The first-order valence-corrected chi connectivity index (χ1v) is 6.39. The molecule has 7 nitrogen and oxygen atoms in total. The zero-order valence-electron chi connectivity index (χ0n) is 10.0. The zero-order valence-corrected chi connectivity index (χ0v) is 10.8. The van der Waals surface area contributed by atoms with Crippen molar-refractivity contribution in [2.45, 2.75) is 0 Å². The Morgan fingerprint density at radius 1 is 1.30 bits per heavy atom. The SMILES string of the molecule is Nc1onc(-c2ccc([N+](=O)[O-])s2)c1-c1ccccn1. The average Bonchev–Trinajstić information content (AvgIpc) is 3.06. The fraction of sp³-hybridized carbons (Fsp3) is 0. The molecule has 0 aromatic carbocycles. The van der Waals surface area contributed by atoms with Crippen molar-refractivity contribution in [2.75, 3.05) is 5.73 Å². The second kappa shape index (κ2) is 4.74. The van der Waals surface area contributed by atoms with Crippen LogP contribution in [0.1, 0.15) is 0 Å². The molecule has 0 spiro atoms. The second-order valence-electron chi connectivity index (χ2n) is 3.88. The van der Waals surface area contributed by atoms with E-state index < -0.39 is 4.92 Å². The molecule has 0 aliphatic carbocycles. The molecular weight excluding hydrogens is 280 g/mol. The van der Waals surface area contributed by atoms with Crippen LogP contribution in [0.25, 0.3) is 21.8 Å². The summed E-state index contributed by atoms with van der Waals surface area (Å²) in [4.78, 5) is 15.1. The van der Waals surface area contributed by atoms with Crippen molar-refractivity contribution >= 4 is 22.2 Å². The third kappa shape index (κ3) is 2.01. The predicted octanol–water partition coefficient (Wildman–Crippen LogP) is 2.96. The summed E-state index contributed by atoms with van der Waals surface area (Å²) in [6.45, 7) is 0. The first kappa shape index (κ1) is 12.3. The first-order chi connectivity index (χ1) is 9.66. The van der Waals surface area contributed by atoms with Crippen LogP contribution in [-0.2, 0) is 0 Å².